The Morgan fingerprint density at radius 1 is 1.23 bits per heavy atom. The molecule has 0 radical (unpaired) electrons. The van der Waals surface area contributed by atoms with E-state index in [1.807, 2.05) is 30.5 Å². The molecule has 0 unspecified atom stereocenters. The van der Waals surface area contributed by atoms with Gasteiger partial charge in [0.05, 0.1) is 0 Å². The van der Waals surface area contributed by atoms with Crippen molar-refractivity contribution in [1.82, 2.24) is 4.98 Å². The minimum absolute atomic E-state index is 0.132. The first-order chi connectivity index (χ1) is 10.7. The third kappa shape index (κ3) is 4.08. The van der Waals surface area contributed by atoms with Gasteiger partial charge in [-0.2, -0.15) is 0 Å². The standard InChI is InChI=1S/C17H19ClN2OS/c18-14-8-6-12(7-9-14)10-15-11-19-17(22-15)20-16(21)13-4-2-1-3-5-13/h6-9,11,13H,1-5,10H2,(H,19,20,21). The van der Waals surface area contributed by atoms with Gasteiger partial charge in [-0.25, -0.2) is 4.98 Å². The highest BCUT2D eigenvalue weighted by Gasteiger charge is 2.21. The zero-order valence-electron chi connectivity index (χ0n) is 12.3. The molecule has 1 amide bonds. The van der Waals surface area contributed by atoms with E-state index in [1.165, 1.54) is 12.0 Å². The van der Waals surface area contributed by atoms with Crippen LogP contribution in [-0.2, 0) is 11.2 Å². The number of thiazole rings is 1. The summed E-state index contributed by atoms with van der Waals surface area (Å²) in [5.74, 6) is 0.296. The number of nitrogens with one attached hydrogen (secondary N) is 1. The first-order valence-corrected chi connectivity index (χ1v) is 8.90. The molecule has 5 heteroatoms. The Balaban J connectivity index is 1.58. The molecule has 1 saturated carbocycles. The van der Waals surface area contributed by atoms with Gasteiger partial charge in [-0.1, -0.05) is 43.0 Å². The van der Waals surface area contributed by atoms with Gasteiger partial charge in [0.2, 0.25) is 5.91 Å². The van der Waals surface area contributed by atoms with Crippen LogP contribution in [0, 0.1) is 5.92 Å². The second kappa shape index (κ2) is 7.25. The van der Waals surface area contributed by atoms with E-state index >= 15 is 0 Å². The van der Waals surface area contributed by atoms with Gasteiger partial charge in [0.15, 0.2) is 5.13 Å². The quantitative estimate of drug-likeness (QED) is 0.863. The minimum Gasteiger partial charge on any atom is -0.302 e. The number of amides is 1. The Labute approximate surface area is 139 Å². The lowest BCUT2D eigenvalue weighted by Gasteiger charge is -2.19. The highest BCUT2D eigenvalue weighted by atomic mass is 35.5. The van der Waals surface area contributed by atoms with E-state index in [-0.39, 0.29) is 11.8 Å². The third-order valence-corrected chi connectivity index (χ3v) is 5.22. The fourth-order valence-electron chi connectivity index (χ4n) is 2.82. The summed E-state index contributed by atoms with van der Waals surface area (Å²) in [4.78, 5) is 17.7. The van der Waals surface area contributed by atoms with Gasteiger partial charge in [-0.05, 0) is 30.5 Å². The lowest BCUT2D eigenvalue weighted by molar-refractivity contribution is -0.120. The van der Waals surface area contributed by atoms with Crippen LogP contribution in [0.3, 0.4) is 0 Å². The van der Waals surface area contributed by atoms with E-state index in [0.29, 0.717) is 5.13 Å². The zero-order valence-corrected chi connectivity index (χ0v) is 13.9. The van der Waals surface area contributed by atoms with Crippen LogP contribution in [0.4, 0.5) is 5.13 Å². The number of hydrogen-bond acceptors (Lipinski definition) is 3. The topological polar surface area (TPSA) is 42.0 Å². The van der Waals surface area contributed by atoms with E-state index in [0.717, 1.165) is 42.0 Å². The summed E-state index contributed by atoms with van der Waals surface area (Å²) in [7, 11) is 0. The van der Waals surface area contributed by atoms with Crippen molar-refractivity contribution < 1.29 is 4.79 Å². The van der Waals surface area contributed by atoms with Crippen LogP contribution in [0.25, 0.3) is 0 Å². The highest BCUT2D eigenvalue weighted by Crippen LogP contribution is 2.27. The number of halogens is 1. The number of aromatic nitrogens is 1. The molecule has 2 aromatic rings. The summed E-state index contributed by atoms with van der Waals surface area (Å²) in [6, 6.07) is 7.82. The first kappa shape index (κ1) is 15.5. The summed E-state index contributed by atoms with van der Waals surface area (Å²) in [5.41, 5.74) is 1.19. The zero-order chi connectivity index (χ0) is 15.4. The summed E-state index contributed by atoms with van der Waals surface area (Å²) < 4.78 is 0. The van der Waals surface area contributed by atoms with E-state index in [1.54, 1.807) is 11.3 Å². The van der Waals surface area contributed by atoms with Crippen LogP contribution in [0.2, 0.25) is 5.02 Å². The van der Waals surface area contributed by atoms with Crippen LogP contribution in [0.1, 0.15) is 42.5 Å². The molecule has 1 aromatic heterocycles. The molecule has 0 atom stereocenters. The number of rotatable bonds is 4. The van der Waals surface area contributed by atoms with E-state index in [9.17, 15) is 4.79 Å². The number of anilines is 1. The number of carbonyl (C=O) groups is 1. The Hall–Kier alpha value is -1.39. The second-order valence-corrected chi connectivity index (χ2v) is 7.31. The normalized spacial score (nSPS) is 15.7. The van der Waals surface area contributed by atoms with Gasteiger partial charge in [0.1, 0.15) is 0 Å². The molecule has 1 aliphatic carbocycles. The highest BCUT2D eigenvalue weighted by molar-refractivity contribution is 7.15. The van der Waals surface area contributed by atoms with Crippen LogP contribution >= 0.6 is 22.9 Å². The van der Waals surface area contributed by atoms with Crippen LogP contribution in [0.5, 0.6) is 0 Å². The lowest BCUT2D eigenvalue weighted by Crippen LogP contribution is -2.24. The second-order valence-electron chi connectivity index (χ2n) is 5.76. The number of carbonyl (C=O) groups excluding carboxylic acids is 1. The SMILES string of the molecule is O=C(Nc1ncc(Cc2ccc(Cl)cc2)s1)C1CCCCC1. The lowest BCUT2D eigenvalue weighted by atomic mass is 9.89. The van der Waals surface area contributed by atoms with Crippen molar-refractivity contribution in [2.24, 2.45) is 5.92 Å². The fraction of sp³-hybridized carbons (Fsp3) is 0.412. The minimum atomic E-state index is 0.132. The van der Waals surface area contributed by atoms with Gasteiger partial charge in [0, 0.05) is 28.4 Å². The Morgan fingerprint density at radius 3 is 2.68 bits per heavy atom. The Kier molecular flexibility index (Phi) is 5.11. The molecule has 1 aliphatic rings. The molecule has 1 N–H and O–H groups in total. The Bertz CT molecular complexity index is 632. The fourth-order valence-corrected chi connectivity index (χ4v) is 3.80. The van der Waals surface area contributed by atoms with Crippen LogP contribution < -0.4 is 5.32 Å². The average molecular weight is 335 g/mol. The van der Waals surface area contributed by atoms with Crippen molar-refractivity contribution in [3.8, 4) is 0 Å². The first-order valence-electron chi connectivity index (χ1n) is 7.71. The van der Waals surface area contributed by atoms with Crippen LogP contribution in [-0.4, -0.2) is 10.9 Å². The molecular formula is C17H19ClN2OS. The molecule has 3 rings (SSSR count). The van der Waals surface area contributed by atoms with Gasteiger partial charge in [0.25, 0.3) is 0 Å². The predicted octanol–water partition coefficient (Wildman–Crippen LogP) is 4.91. The summed E-state index contributed by atoms with van der Waals surface area (Å²) in [6.07, 6.45) is 8.26. The molecule has 0 saturated heterocycles. The van der Waals surface area contributed by atoms with E-state index in [2.05, 4.69) is 10.3 Å². The number of benzene rings is 1. The molecule has 116 valence electrons. The summed E-state index contributed by atoms with van der Waals surface area (Å²) >= 11 is 7.44. The molecule has 1 aromatic carbocycles. The van der Waals surface area contributed by atoms with Crippen molar-refractivity contribution in [3.63, 3.8) is 0 Å². The maximum Gasteiger partial charge on any atom is 0.229 e. The van der Waals surface area contributed by atoms with Gasteiger partial charge in [-0.15, -0.1) is 11.3 Å². The molecule has 22 heavy (non-hydrogen) atoms. The monoisotopic (exact) mass is 334 g/mol. The molecular weight excluding hydrogens is 316 g/mol. The van der Waals surface area contributed by atoms with Crippen molar-refractivity contribution >= 4 is 34.0 Å². The summed E-state index contributed by atoms with van der Waals surface area (Å²) in [5, 5.41) is 4.43. The third-order valence-electron chi connectivity index (χ3n) is 4.05. The largest absolute Gasteiger partial charge is 0.302 e. The maximum atomic E-state index is 12.2. The van der Waals surface area contributed by atoms with Gasteiger partial charge < -0.3 is 5.32 Å². The number of hydrogen-bond donors (Lipinski definition) is 1. The van der Waals surface area contributed by atoms with Crippen molar-refractivity contribution in [2.75, 3.05) is 5.32 Å². The van der Waals surface area contributed by atoms with Gasteiger partial charge in [-0.3, -0.25) is 4.79 Å². The molecule has 1 heterocycles. The Morgan fingerprint density at radius 2 is 1.95 bits per heavy atom. The molecule has 0 bridgehead atoms. The van der Waals surface area contributed by atoms with Crippen molar-refractivity contribution in [3.05, 3.63) is 45.9 Å². The molecule has 0 aliphatic heterocycles. The van der Waals surface area contributed by atoms with Crippen LogP contribution in [0.15, 0.2) is 30.5 Å². The predicted molar refractivity (Wildman–Crippen MR) is 91.6 cm³/mol. The number of nitrogens with zero attached hydrogens (tertiary/aromatic N) is 1. The van der Waals surface area contributed by atoms with E-state index < -0.39 is 0 Å². The van der Waals surface area contributed by atoms with Gasteiger partial charge >= 0.3 is 0 Å². The molecule has 3 nitrogen and oxygen atoms in total. The average Bonchev–Trinajstić information content (AvgIpc) is 2.97. The van der Waals surface area contributed by atoms with Crippen molar-refractivity contribution in [1.29, 1.82) is 0 Å². The summed E-state index contributed by atoms with van der Waals surface area (Å²) in [6.45, 7) is 0. The molecule has 1 fully saturated rings. The van der Waals surface area contributed by atoms with E-state index in [4.69, 9.17) is 11.6 Å². The maximum absolute atomic E-state index is 12.2. The molecule has 0 spiro atoms. The van der Waals surface area contributed by atoms with Crippen molar-refractivity contribution in [2.45, 2.75) is 38.5 Å². The smallest absolute Gasteiger partial charge is 0.229 e.